The van der Waals surface area contributed by atoms with E-state index in [2.05, 4.69) is 0 Å². The molecule has 0 N–H and O–H groups in total. The molecule has 2 saturated heterocycles. The Bertz CT molecular complexity index is 973. The number of thioether (sulfide) groups is 1. The van der Waals surface area contributed by atoms with Crippen molar-refractivity contribution in [3.05, 3.63) is 71.3 Å². The quantitative estimate of drug-likeness (QED) is 0.653. The van der Waals surface area contributed by atoms with E-state index in [1.807, 2.05) is 35.2 Å². The molecule has 0 bridgehead atoms. The average Bonchev–Trinajstić information content (AvgIpc) is 3.20. The number of likely N-dealkylation sites (tertiary alicyclic amines) is 1. The summed E-state index contributed by atoms with van der Waals surface area (Å²) in [6.07, 6.45) is -2.10. The van der Waals surface area contributed by atoms with Gasteiger partial charge in [-0.05, 0) is 43.0 Å². The van der Waals surface area contributed by atoms with Gasteiger partial charge in [0.2, 0.25) is 5.91 Å². The number of carbonyl (C=O) groups is 2. The number of benzene rings is 2. The summed E-state index contributed by atoms with van der Waals surface area (Å²) in [6.45, 7) is 1.54. The number of alkyl halides is 3. The smallest absolute Gasteiger partial charge is 0.338 e. The second-order valence-corrected chi connectivity index (χ2v) is 9.65. The Kier molecular flexibility index (Phi) is 6.51. The molecular formula is C24H25F3N2O2S. The van der Waals surface area contributed by atoms with Gasteiger partial charge in [0.15, 0.2) is 0 Å². The zero-order valence-corrected chi connectivity index (χ0v) is 18.4. The lowest BCUT2D eigenvalue weighted by Gasteiger charge is -2.44. The molecule has 2 aromatic rings. The monoisotopic (exact) mass is 462 g/mol. The normalized spacial score (nSPS) is 18.2. The van der Waals surface area contributed by atoms with E-state index in [4.69, 9.17) is 0 Å². The van der Waals surface area contributed by atoms with Crippen LogP contribution in [0.2, 0.25) is 0 Å². The number of halogens is 3. The molecule has 0 unspecified atom stereocenters. The molecule has 170 valence electrons. The van der Waals surface area contributed by atoms with Crippen LogP contribution in [-0.2, 0) is 17.4 Å². The minimum absolute atomic E-state index is 0.0469. The summed E-state index contributed by atoms with van der Waals surface area (Å²) < 4.78 is 39.0. The predicted molar refractivity (Wildman–Crippen MR) is 118 cm³/mol. The highest BCUT2D eigenvalue weighted by Gasteiger charge is 2.46. The third kappa shape index (κ3) is 4.80. The summed E-state index contributed by atoms with van der Waals surface area (Å²) in [6, 6.07) is 14.5. The van der Waals surface area contributed by atoms with E-state index in [-0.39, 0.29) is 16.3 Å². The molecule has 0 atom stereocenters. The number of amides is 2. The topological polar surface area (TPSA) is 40.6 Å². The first-order chi connectivity index (χ1) is 15.3. The fraction of sp³-hybridized carbons (Fsp3) is 0.417. The Balaban J connectivity index is 1.38. The first-order valence-corrected chi connectivity index (χ1v) is 11.7. The highest BCUT2D eigenvalue weighted by atomic mass is 32.2. The van der Waals surface area contributed by atoms with Gasteiger partial charge in [-0.1, -0.05) is 36.4 Å². The first kappa shape index (κ1) is 22.7. The molecule has 4 rings (SSSR count). The summed E-state index contributed by atoms with van der Waals surface area (Å²) in [5, 5.41) is 0. The van der Waals surface area contributed by atoms with Gasteiger partial charge in [0, 0.05) is 37.4 Å². The molecule has 0 aromatic heterocycles. The SMILES string of the molecule is O=C(c1cccc(C(F)(F)F)c1)N1CCC2(CC1)SCCN2C(=O)CCc1ccccc1. The van der Waals surface area contributed by atoms with Crippen LogP contribution in [0.1, 0.15) is 40.7 Å². The summed E-state index contributed by atoms with van der Waals surface area (Å²) in [5.74, 6) is 0.589. The van der Waals surface area contributed by atoms with Gasteiger partial charge in [0.25, 0.3) is 5.91 Å². The van der Waals surface area contributed by atoms with Gasteiger partial charge in [-0.25, -0.2) is 0 Å². The van der Waals surface area contributed by atoms with Crippen LogP contribution in [0.5, 0.6) is 0 Å². The molecule has 2 heterocycles. The lowest BCUT2D eigenvalue weighted by molar-refractivity contribution is -0.137. The molecule has 2 aliphatic rings. The van der Waals surface area contributed by atoms with Crippen LogP contribution in [0, 0.1) is 0 Å². The van der Waals surface area contributed by atoms with Gasteiger partial charge in [-0.3, -0.25) is 9.59 Å². The molecule has 0 saturated carbocycles. The fourth-order valence-corrected chi connectivity index (χ4v) is 5.95. The molecule has 0 radical (unpaired) electrons. The molecule has 2 aliphatic heterocycles. The van der Waals surface area contributed by atoms with Gasteiger partial charge in [0.1, 0.15) is 0 Å². The largest absolute Gasteiger partial charge is 0.416 e. The van der Waals surface area contributed by atoms with Crippen molar-refractivity contribution in [3.63, 3.8) is 0 Å². The summed E-state index contributed by atoms with van der Waals surface area (Å²) >= 11 is 1.76. The van der Waals surface area contributed by atoms with Crippen LogP contribution < -0.4 is 0 Å². The van der Waals surface area contributed by atoms with Crippen LogP contribution >= 0.6 is 11.8 Å². The van der Waals surface area contributed by atoms with Crippen molar-refractivity contribution in [2.45, 2.75) is 36.7 Å². The van der Waals surface area contributed by atoms with Crippen LogP contribution in [0.3, 0.4) is 0 Å². The molecule has 32 heavy (non-hydrogen) atoms. The third-order valence-electron chi connectivity index (χ3n) is 6.22. The van der Waals surface area contributed by atoms with Crippen molar-refractivity contribution >= 4 is 23.6 Å². The van der Waals surface area contributed by atoms with E-state index >= 15 is 0 Å². The maximum absolute atomic E-state index is 13.0. The van der Waals surface area contributed by atoms with Gasteiger partial charge < -0.3 is 9.80 Å². The number of carbonyl (C=O) groups excluding carboxylic acids is 2. The zero-order valence-electron chi connectivity index (χ0n) is 17.6. The number of rotatable bonds is 4. The Morgan fingerprint density at radius 1 is 0.969 bits per heavy atom. The minimum atomic E-state index is -4.48. The van der Waals surface area contributed by atoms with Gasteiger partial charge in [0.05, 0.1) is 10.4 Å². The van der Waals surface area contributed by atoms with Crippen molar-refractivity contribution in [2.75, 3.05) is 25.4 Å². The van der Waals surface area contributed by atoms with E-state index in [1.165, 1.54) is 12.1 Å². The number of nitrogens with zero attached hydrogens (tertiary/aromatic N) is 2. The molecule has 2 amide bonds. The molecule has 4 nitrogen and oxygen atoms in total. The van der Waals surface area contributed by atoms with E-state index in [9.17, 15) is 22.8 Å². The number of piperidine rings is 1. The molecule has 0 aliphatic carbocycles. The Hall–Kier alpha value is -2.48. The average molecular weight is 463 g/mol. The maximum Gasteiger partial charge on any atom is 0.416 e. The number of aryl methyl sites for hydroxylation is 1. The van der Waals surface area contributed by atoms with Crippen molar-refractivity contribution in [3.8, 4) is 0 Å². The zero-order chi connectivity index (χ0) is 22.8. The standard InChI is InChI=1S/C24H25F3N2O2S/c25-24(26,27)20-8-4-7-19(17-20)22(31)28-13-11-23(12-14-28)29(15-16-32-23)21(30)10-9-18-5-2-1-3-6-18/h1-8,17H,9-16H2. The van der Waals surface area contributed by atoms with Crippen LogP contribution in [-0.4, -0.2) is 51.9 Å². The molecule has 1 spiro atoms. The Morgan fingerprint density at radius 2 is 1.69 bits per heavy atom. The number of hydrogen-bond acceptors (Lipinski definition) is 3. The molecule has 2 fully saturated rings. The minimum Gasteiger partial charge on any atom is -0.338 e. The summed E-state index contributed by atoms with van der Waals surface area (Å²) in [7, 11) is 0. The van der Waals surface area contributed by atoms with Gasteiger partial charge in [-0.2, -0.15) is 13.2 Å². The van der Waals surface area contributed by atoms with Crippen LogP contribution in [0.4, 0.5) is 13.2 Å². The van der Waals surface area contributed by atoms with Crippen LogP contribution in [0.15, 0.2) is 54.6 Å². The summed E-state index contributed by atoms with van der Waals surface area (Å²) in [5.41, 5.74) is 0.354. The predicted octanol–water partition coefficient (Wildman–Crippen LogP) is 4.85. The highest BCUT2D eigenvalue weighted by molar-refractivity contribution is 8.00. The van der Waals surface area contributed by atoms with E-state index in [0.717, 1.165) is 23.4 Å². The van der Waals surface area contributed by atoms with E-state index in [1.54, 1.807) is 16.7 Å². The van der Waals surface area contributed by atoms with Crippen molar-refractivity contribution in [1.29, 1.82) is 0 Å². The summed E-state index contributed by atoms with van der Waals surface area (Å²) in [4.78, 5) is 29.1. The van der Waals surface area contributed by atoms with Gasteiger partial charge >= 0.3 is 6.18 Å². The van der Waals surface area contributed by atoms with Crippen LogP contribution in [0.25, 0.3) is 0 Å². The fourth-order valence-electron chi connectivity index (χ4n) is 4.48. The molecule has 8 heteroatoms. The van der Waals surface area contributed by atoms with Crippen molar-refractivity contribution in [2.24, 2.45) is 0 Å². The maximum atomic E-state index is 13.0. The van der Waals surface area contributed by atoms with Gasteiger partial charge in [-0.15, -0.1) is 11.8 Å². The van der Waals surface area contributed by atoms with E-state index in [0.29, 0.717) is 45.3 Å². The number of hydrogen-bond donors (Lipinski definition) is 0. The first-order valence-electron chi connectivity index (χ1n) is 10.7. The van der Waals surface area contributed by atoms with Crippen molar-refractivity contribution < 1.29 is 22.8 Å². The second-order valence-electron chi connectivity index (χ2n) is 8.20. The lowest BCUT2D eigenvalue weighted by Crippen LogP contribution is -2.53. The highest BCUT2D eigenvalue weighted by Crippen LogP contribution is 2.44. The second kappa shape index (κ2) is 9.17. The third-order valence-corrected chi connectivity index (χ3v) is 7.77. The Labute approximate surface area is 189 Å². The lowest BCUT2D eigenvalue weighted by atomic mass is 9.99. The Morgan fingerprint density at radius 3 is 2.38 bits per heavy atom. The van der Waals surface area contributed by atoms with Crippen molar-refractivity contribution in [1.82, 2.24) is 9.80 Å². The molecular weight excluding hydrogens is 437 g/mol. The van der Waals surface area contributed by atoms with E-state index < -0.39 is 17.6 Å². The molecule has 2 aromatic carbocycles.